The summed E-state index contributed by atoms with van der Waals surface area (Å²) in [6, 6.07) is 11.1. The first-order valence-electron chi connectivity index (χ1n) is 8.55. The summed E-state index contributed by atoms with van der Waals surface area (Å²) in [5.74, 6) is 0.587. The number of anilines is 1. The topological polar surface area (TPSA) is 77.1 Å². The Bertz CT molecular complexity index is 1000. The monoisotopic (exact) mass is 400 g/mol. The van der Waals surface area contributed by atoms with E-state index in [0.29, 0.717) is 39.0 Å². The summed E-state index contributed by atoms with van der Waals surface area (Å²) in [4.78, 5) is 27.0. The van der Waals surface area contributed by atoms with Crippen LogP contribution < -0.4 is 19.7 Å². The Morgan fingerprint density at radius 3 is 2.71 bits per heavy atom. The predicted molar refractivity (Wildman–Crippen MR) is 102 cm³/mol. The van der Waals surface area contributed by atoms with Crippen molar-refractivity contribution in [1.82, 2.24) is 5.32 Å². The van der Waals surface area contributed by atoms with E-state index in [-0.39, 0.29) is 6.79 Å². The summed E-state index contributed by atoms with van der Waals surface area (Å²) in [5.41, 5.74) is 1.90. The summed E-state index contributed by atoms with van der Waals surface area (Å²) in [6.45, 7) is 1.82. The van der Waals surface area contributed by atoms with Crippen LogP contribution in [0, 0.1) is 0 Å². The number of carbonyl (C=O) groups excluding carboxylic acids is 2. The SMILES string of the molecule is COC(=O)C1=C(C)N(c2ccc3c(c2)OCO3)C(=O)NC1c1ccccc1Cl. The van der Waals surface area contributed by atoms with Crippen LogP contribution in [0.15, 0.2) is 53.7 Å². The molecule has 1 N–H and O–H groups in total. The molecule has 2 aliphatic rings. The molecule has 0 fully saturated rings. The molecule has 1 unspecified atom stereocenters. The number of hydrogen-bond donors (Lipinski definition) is 1. The van der Waals surface area contributed by atoms with E-state index in [2.05, 4.69) is 5.32 Å². The van der Waals surface area contributed by atoms with Crippen LogP contribution >= 0.6 is 11.6 Å². The Labute approximate surface area is 166 Å². The third kappa shape index (κ3) is 2.93. The number of carbonyl (C=O) groups is 2. The second kappa shape index (κ2) is 7.09. The molecule has 4 rings (SSSR count). The minimum atomic E-state index is -0.723. The van der Waals surface area contributed by atoms with Gasteiger partial charge in [0, 0.05) is 16.8 Å². The molecule has 8 heteroatoms. The van der Waals surface area contributed by atoms with Gasteiger partial charge >= 0.3 is 12.0 Å². The van der Waals surface area contributed by atoms with E-state index >= 15 is 0 Å². The number of ether oxygens (including phenoxy) is 3. The lowest BCUT2D eigenvalue weighted by Gasteiger charge is -2.35. The molecular formula is C20H17ClN2O5. The first-order valence-corrected chi connectivity index (χ1v) is 8.93. The highest BCUT2D eigenvalue weighted by Crippen LogP contribution is 2.40. The molecule has 0 saturated carbocycles. The molecule has 144 valence electrons. The van der Waals surface area contributed by atoms with E-state index in [4.69, 9.17) is 25.8 Å². The zero-order valence-electron chi connectivity index (χ0n) is 15.2. The number of amides is 2. The average molecular weight is 401 g/mol. The van der Waals surface area contributed by atoms with Gasteiger partial charge < -0.3 is 19.5 Å². The standard InChI is InChI=1S/C20H17ClN2O5/c1-11-17(19(24)26-2)18(13-5-3-4-6-14(13)21)22-20(25)23(11)12-7-8-15-16(9-12)28-10-27-15/h3-9,18H,10H2,1-2H3,(H,22,25). The van der Waals surface area contributed by atoms with Gasteiger partial charge in [0.1, 0.15) is 0 Å². The first kappa shape index (κ1) is 18.2. The third-order valence-electron chi connectivity index (χ3n) is 4.72. The van der Waals surface area contributed by atoms with Gasteiger partial charge in [-0.3, -0.25) is 4.90 Å². The van der Waals surface area contributed by atoms with E-state index < -0.39 is 18.0 Å². The molecule has 0 aliphatic carbocycles. The number of methoxy groups -OCH3 is 1. The molecule has 2 aromatic rings. The van der Waals surface area contributed by atoms with Crippen LogP contribution in [0.2, 0.25) is 5.02 Å². The van der Waals surface area contributed by atoms with Gasteiger partial charge in [-0.05, 0) is 30.7 Å². The number of esters is 1. The highest BCUT2D eigenvalue weighted by Gasteiger charge is 2.38. The van der Waals surface area contributed by atoms with Crippen molar-refractivity contribution in [3.63, 3.8) is 0 Å². The van der Waals surface area contributed by atoms with Crippen molar-refractivity contribution in [2.75, 3.05) is 18.8 Å². The van der Waals surface area contributed by atoms with E-state index in [0.717, 1.165) is 0 Å². The zero-order valence-corrected chi connectivity index (χ0v) is 15.9. The largest absolute Gasteiger partial charge is 0.466 e. The Morgan fingerprint density at radius 1 is 1.21 bits per heavy atom. The fourth-order valence-electron chi connectivity index (χ4n) is 3.40. The highest BCUT2D eigenvalue weighted by atomic mass is 35.5. The second-order valence-electron chi connectivity index (χ2n) is 6.27. The molecular weight excluding hydrogens is 384 g/mol. The second-order valence-corrected chi connectivity index (χ2v) is 6.67. The number of halogens is 1. The molecule has 0 bridgehead atoms. The fourth-order valence-corrected chi connectivity index (χ4v) is 3.64. The van der Waals surface area contributed by atoms with E-state index in [1.54, 1.807) is 49.4 Å². The minimum absolute atomic E-state index is 0.127. The van der Waals surface area contributed by atoms with Crippen molar-refractivity contribution in [1.29, 1.82) is 0 Å². The summed E-state index contributed by atoms with van der Waals surface area (Å²) in [6.07, 6.45) is 0. The van der Waals surface area contributed by atoms with Crippen LogP contribution in [-0.4, -0.2) is 25.9 Å². The van der Waals surface area contributed by atoms with Gasteiger partial charge in [-0.25, -0.2) is 9.59 Å². The lowest BCUT2D eigenvalue weighted by atomic mass is 9.94. The van der Waals surface area contributed by atoms with Crippen LogP contribution in [0.3, 0.4) is 0 Å². The molecule has 2 amide bonds. The summed E-state index contributed by atoms with van der Waals surface area (Å²) in [7, 11) is 1.30. The molecule has 0 saturated heterocycles. The Morgan fingerprint density at radius 2 is 1.96 bits per heavy atom. The molecule has 0 aromatic heterocycles. The molecule has 28 heavy (non-hydrogen) atoms. The van der Waals surface area contributed by atoms with Crippen LogP contribution in [0.4, 0.5) is 10.5 Å². The maximum absolute atomic E-state index is 13.0. The fraction of sp³-hybridized carbons (Fsp3) is 0.200. The number of fused-ring (bicyclic) bond motifs is 1. The third-order valence-corrected chi connectivity index (χ3v) is 5.06. The number of nitrogens with one attached hydrogen (secondary N) is 1. The molecule has 2 heterocycles. The number of benzene rings is 2. The number of rotatable bonds is 3. The van der Waals surface area contributed by atoms with Gasteiger partial charge in [0.2, 0.25) is 6.79 Å². The van der Waals surface area contributed by atoms with Crippen molar-refractivity contribution >= 4 is 29.3 Å². The number of hydrogen-bond acceptors (Lipinski definition) is 5. The van der Waals surface area contributed by atoms with Crippen LogP contribution in [0.5, 0.6) is 11.5 Å². The van der Waals surface area contributed by atoms with Gasteiger partial charge in [-0.15, -0.1) is 0 Å². The summed E-state index contributed by atoms with van der Waals surface area (Å²) >= 11 is 6.31. The highest BCUT2D eigenvalue weighted by molar-refractivity contribution is 6.31. The number of nitrogens with zero attached hydrogens (tertiary/aromatic N) is 1. The van der Waals surface area contributed by atoms with Gasteiger partial charge in [0.05, 0.1) is 24.4 Å². The van der Waals surface area contributed by atoms with Crippen LogP contribution in [0.25, 0.3) is 0 Å². The molecule has 0 spiro atoms. The molecule has 0 radical (unpaired) electrons. The van der Waals surface area contributed by atoms with Gasteiger partial charge in [-0.2, -0.15) is 0 Å². The smallest absolute Gasteiger partial charge is 0.337 e. The van der Waals surface area contributed by atoms with Gasteiger partial charge in [0.25, 0.3) is 0 Å². The normalized spacial score (nSPS) is 18.2. The van der Waals surface area contributed by atoms with Crippen molar-refractivity contribution in [3.8, 4) is 11.5 Å². The quantitative estimate of drug-likeness (QED) is 0.793. The Kier molecular flexibility index (Phi) is 4.60. The minimum Gasteiger partial charge on any atom is -0.466 e. The Hall–Kier alpha value is -3.19. The van der Waals surface area contributed by atoms with E-state index in [1.807, 2.05) is 0 Å². The lowest BCUT2D eigenvalue weighted by Crippen LogP contribution is -2.48. The molecule has 1 atom stereocenters. The van der Waals surface area contributed by atoms with Crippen molar-refractivity contribution in [3.05, 3.63) is 64.3 Å². The maximum atomic E-state index is 13.0. The van der Waals surface area contributed by atoms with E-state index in [9.17, 15) is 9.59 Å². The predicted octanol–water partition coefficient (Wildman–Crippen LogP) is 3.79. The zero-order chi connectivity index (χ0) is 19.8. The summed E-state index contributed by atoms with van der Waals surface area (Å²) in [5, 5.41) is 3.30. The van der Waals surface area contributed by atoms with Gasteiger partial charge in [0.15, 0.2) is 11.5 Å². The summed E-state index contributed by atoms with van der Waals surface area (Å²) < 4.78 is 15.7. The van der Waals surface area contributed by atoms with Crippen LogP contribution in [-0.2, 0) is 9.53 Å². The number of urea groups is 1. The van der Waals surface area contributed by atoms with Crippen molar-refractivity contribution in [2.45, 2.75) is 13.0 Å². The van der Waals surface area contributed by atoms with Crippen LogP contribution in [0.1, 0.15) is 18.5 Å². The molecule has 7 nitrogen and oxygen atoms in total. The van der Waals surface area contributed by atoms with Gasteiger partial charge in [-0.1, -0.05) is 29.8 Å². The lowest BCUT2D eigenvalue weighted by molar-refractivity contribution is -0.136. The first-order chi connectivity index (χ1) is 13.5. The molecule has 2 aliphatic heterocycles. The van der Waals surface area contributed by atoms with E-state index in [1.165, 1.54) is 12.0 Å². The number of allylic oxidation sites excluding steroid dienone is 1. The molecule has 2 aromatic carbocycles. The van der Waals surface area contributed by atoms with Crippen molar-refractivity contribution in [2.24, 2.45) is 0 Å². The Balaban J connectivity index is 1.84. The maximum Gasteiger partial charge on any atom is 0.337 e. The van der Waals surface area contributed by atoms with Crippen molar-refractivity contribution < 1.29 is 23.8 Å². The average Bonchev–Trinajstić information content (AvgIpc) is 3.15.